The fourth-order valence-corrected chi connectivity index (χ4v) is 3.99. The summed E-state index contributed by atoms with van der Waals surface area (Å²) in [4.78, 5) is 0. The topological polar surface area (TPSA) is 71.5 Å². The summed E-state index contributed by atoms with van der Waals surface area (Å²) >= 11 is 0. The number of rotatable bonds is 3. The van der Waals surface area contributed by atoms with Gasteiger partial charge in [0.1, 0.15) is 0 Å². The first kappa shape index (κ1) is 13.2. The Morgan fingerprint density at radius 1 is 1.20 bits per heavy atom. The van der Waals surface area contributed by atoms with Crippen LogP contribution in [0.1, 0.15) is 12.8 Å². The van der Waals surface area contributed by atoms with Crippen molar-refractivity contribution in [3.05, 3.63) is 0 Å². The van der Waals surface area contributed by atoms with Crippen molar-refractivity contribution in [3.8, 4) is 0 Å². The fraction of sp³-hybridized carbons (Fsp3) is 1.00. The zero-order valence-electron chi connectivity index (χ0n) is 8.39. The molecule has 1 rings (SSSR count). The van der Waals surface area contributed by atoms with Gasteiger partial charge in [-0.3, -0.25) is 0 Å². The van der Waals surface area contributed by atoms with Gasteiger partial charge in [0.05, 0.1) is 12.0 Å². The van der Waals surface area contributed by atoms with Crippen molar-refractivity contribution in [2.45, 2.75) is 12.8 Å². The highest BCUT2D eigenvalue weighted by molar-refractivity contribution is 8.13. The Labute approximate surface area is 94.9 Å². The van der Waals surface area contributed by atoms with Crippen LogP contribution < -0.4 is 0 Å². The molecule has 90 valence electrons. The van der Waals surface area contributed by atoms with Crippen LogP contribution in [-0.4, -0.2) is 46.2 Å². The maximum atomic E-state index is 11.2. The van der Waals surface area contributed by atoms with Crippen molar-refractivity contribution in [2.75, 3.05) is 25.1 Å². The van der Waals surface area contributed by atoms with Crippen molar-refractivity contribution in [2.24, 2.45) is 5.92 Å². The van der Waals surface area contributed by atoms with Gasteiger partial charge in [0.25, 0.3) is 0 Å². The second-order valence-electron chi connectivity index (χ2n) is 3.81. The molecular formula is C7H14ClNO4S2. The fourth-order valence-electron chi connectivity index (χ4n) is 1.69. The summed E-state index contributed by atoms with van der Waals surface area (Å²) in [6, 6.07) is 0. The largest absolute Gasteiger partial charge is 0.232 e. The SMILES string of the molecule is CS(=O)(=O)N1CCC(CS(=O)(=O)Cl)CC1. The highest BCUT2D eigenvalue weighted by Gasteiger charge is 2.27. The molecule has 5 nitrogen and oxygen atoms in total. The van der Waals surface area contributed by atoms with Crippen molar-refractivity contribution in [1.82, 2.24) is 4.31 Å². The first-order valence-corrected chi connectivity index (χ1v) is 8.88. The van der Waals surface area contributed by atoms with Crippen LogP contribution in [0.15, 0.2) is 0 Å². The van der Waals surface area contributed by atoms with Gasteiger partial charge in [0, 0.05) is 23.8 Å². The van der Waals surface area contributed by atoms with E-state index in [0.717, 1.165) is 6.26 Å². The molecule has 1 saturated heterocycles. The van der Waals surface area contributed by atoms with Crippen LogP contribution in [0.25, 0.3) is 0 Å². The lowest BCUT2D eigenvalue weighted by Crippen LogP contribution is -2.38. The van der Waals surface area contributed by atoms with Gasteiger partial charge in [0.15, 0.2) is 0 Å². The Balaban J connectivity index is 2.50. The van der Waals surface area contributed by atoms with Crippen LogP contribution in [0.3, 0.4) is 0 Å². The summed E-state index contributed by atoms with van der Waals surface area (Å²) in [6.07, 6.45) is 2.27. The molecule has 0 aromatic rings. The maximum absolute atomic E-state index is 11.2. The molecule has 1 fully saturated rings. The molecule has 0 aromatic heterocycles. The predicted molar refractivity (Wildman–Crippen MR) is 58.8 cm³/mol. The van der Waals surface area contributed by atoms with Gasteiger partial charge in [-0.15, -0.1) is 0 Å². The van der Waals surface area contributed by atoms with Gasteiger partial charge in [0.2, 0.25) is 19.1 Å². The molecule has 0 spiro atoms. The molecule has 1 aliphatic heterocycles. The van der Waals surface area contributed by atoms with Gasteiger partial charge >= 0.3 is 0 Å². The van der Waals surface area contributed by atoms with Crippen LogP contribution in [0.5, 0.6) is 0 Å². The van der Waals surface area contributed by atoms with E-state index in [9.17, 15) is 16.8 Å². The molecule has 0 bridgehead atoms. The standard InChI is InChI=1S/C7H14ClNO4S2/c1-14(10,11)9-4-2-7(3-5-9)6-15(8,12)13/h7H,2-6H2,1H3. The Morgan fingerprint density at radius 3 is 2.00 bits per heavy atom. The van der Waals surface area contributed by atoms with Crippen molar-refractivity contribution >= 4 is 29.8 Å². The molecule has 8 heteroatoms. The summed E-state index contributed by atoms with van der Waals surface area (Å²) in [6.45, 7) is 0.770. The molecule has 0 N–H and O–H groups in total. The Hall–Kier alpha value is 0.150. The summed E-state index contributed by atoms with van der Waals surface area (Å²) in [5.41, 5.74) is 0. The van der Waals surface area contributed by atoms with E-state index >= 15 is 0 Å². The molecule has 0 aromatic carbocycles. The van der Waals surface area contributed by atoms with E-state index in [-0.39, 0.29) is 11.7 Å². The minimum atomic E-state index is -3.47. The van der Waals surface area contributed by atoms with E-state index in [2.05, 4.69) is 0 Å². The lowest BCUT2D eigenvalue weighted by molar-refractivity contribution is 0.291. The molecule has 1 aliphatic rings. The molecule has 15 heavy (non-hydrogen) atoms. The van der Waals surface area contributed by atoms with Gasteiger partial charge in [-0.25, -0.2) is 21.1 Å². The molecule has 0 atom stereocenters. The number of hydrogen-bond acceptors (Lipinski definition) is 4. The molecule has 1 heterocycles. The van der Waals surface area contributed by atoms with Crippen LogP contribution >= 0.6 is 10.7 Å². The molecule has 0 aliphatic carbocycles. The molecule has 0 radical (unpaired) electrons. The summed E-state index contributed by atoms with van der Waals surface area (Å²) < 4.78 is 45.3. The quantitative estimate of drug-likeness (QED) is 0.691. The second kappa shape index (κ2) is 4.57. The van der Waals surface area contributed by atoms with Crippen molar-refractivity contribution in [1.29, 1.82) is 0 Å². The first-order valence-electron chi connectivity index (χ1n) is 4.56. The van der Waals surface area contributed by atoms with E-state index in [1.165, 1.54) is 4.31 Å². The Morgan fingerprint density at radius 2 is 1.67 bits per heavy atom. The van der Waals surface area contributed by atoms with E-state index in [4.69, 9.17) is 10.7 Å². The van der Waals surface area contributed by atoms with E-state index in [1.54, 1.807) is 0 Å². The smallest absolute Gasteiger partial charge is 0.213 e. The average molecular weight is 276 g/mol. The third-order valence-electron chi connectivity index (χ3n) is 2.48. The third kappa shape index (κ3) is 4.67. The van der Waals surface area contributed by atoms with Gasteiger partial charge in [-0.05, 0) is 18.8 Å². The zero-order chi connectivity index (χ0) is 11.7. The molecule has 0 amide bonds. The van der Waals surface area contributed by atoms with E-state index < -0.39 is 19.1 Å². The maximum Gasteiger partial charge on any atom is 0.232 e. The monoisotopic (exact) mass is 275 g/mol. The third-order valence-corrected chi connectivity index (χ3v) is 5.03. The van der Waals surface area contributed by atoms with E-state index in [0.29, 0.717) is 25.9 Å². The van der Waals surface area contributed by atoms with Crippen LogP contribution in [0.4, 0.5) is 0 Å². The first-order chi connectivity index (χ1) is 6.68. The Kier molecular flexibility index (Phi) is 4.02. The van der Waals surface area contributed by atoms with Crippen LogP contribution in [-0.2, 0) is 19.1 Å². The van der Waals surface area contributed by atoms with Crippen LogP contribution in [0.2, 0.25) is 0 Å². The minimum absolute atomic E-state index is 0.0227. The molecule has 0 saturated carbocycles. The average Bonchev–Trinajstić information content (AvgIpc) is 2.00. The second-order valence-corrected chi connectivity index (χ2v) is 8.61. The number of nitrogens with zero attached hydrogens (tertiary/aromatic N) is 1. The number of sulfonamides is 1. The highest BCUT2D eigenvalue weighted by atomic mass is 35.7. The minimum Gasteiger partial charge on any atom is -0.213 e. The summed E-state index contributed by atoms with van der Waals surface area (Å²) in [5, 5.41) is 0. The molecular weight excluding hydrogens is 262 g/mol. The lowest BCUT2D eigenvalue weighted by Gasteiger charge is -2.29. The van der Waals surface area contributed by atoms with E-state index in [1.807, 2.05) is 0 Å². The van der Waals surface area contributed by atoms with Crippen molar-refractivity contribution < 1.29 is 16.8 Å². The lowest BCUT2D eigenvalue weighted by atomic mass is 10.0. The van der Waals surface area contributed by atoms with Crippen LogP contribution in [0, 0.1) is 5.92 Å². The molecule has 0 unspecified atom stereocenters. The van der Waals surface area contributed by atoms with Gasteiger partial charge in [-0.2, -0.15) is 0 Å². The van der Waals surface area contributed by atoms with Gasteiger partial charge in [-0.1, -0.05) is 0 Å². The normalized spacial score (nSPS) is 21.7. The zero-order valence-corrected chi connectivity index (χ0v) is 10.8. The number of hydrogen-bond donors (Lipinski definition) is 0. The highest BCUT2D eigenvalue weighted by Crippen LogP contribution is 2.21. The predicted octanol–water partition coefficient (Wildman–Crippen LogP) is 0.227. The number of halogens is 1. The summed E-state index contributed by atoms with van der Waals surface area (Å²) in [5.74, 6) is -0.0860. The van der Waals surface area contributed by atoms with Crippen molar-refractivity contribution in [3.63, 3.8) is 0 Å². The Bertz CT molecular complexity index is 408. The number of piperidine rings is 1. The van der Waals surface area contributed by atoms with Gasteiger partial charge < -0.3 is 0 Å². The summed E-state index contributed by atoms with van der Waals surface area (Å²) in [7, 11) is -1.48.